The summed E-state index contributed by atoms with van der Waals surface area (Å²) in [4.78, 5) is 0. The summed E-state index contributed by atoms with van der Waals surface area (Å²) in [5, 5.41) is 16.5. The molecule has 0 amide bonds. The summed E-state index contributed by atoms with van der Waals surface area (Å²) in [6, 6.07) is 8.14. The Morgan fingerprint density at radius 1 is 1.33 bits per heavy atom. The molecule has 1 aromatic heterocycles. The number of aromatic nitrogens is 2. The average molecular weight is 199 g/mol. The fourth-order valence-corrected chi connectivity index (χ4v) is 1.57. The van der Waals surface area contributed by atoms with Crippen LogP contribution in [0.4, 0.5) is 0 Å². The van der Waals surface area contributed by atoms with Gasteiger partial charge in [0.25, 0.3) is 0 Å². The fraction of sp³-hybridized carbons (Fsp3) is 0.333. The van der Waals surface area contributed by atoms with Crippen LogP contribution in [0.1, 0.15) is 32.0 Å². The van der Waals surface area contributed by atoms with Gasteiger partial charge in [-0.2, -0.15) is 10.4 Å². The molecule has 0 saturated carbocycles. The van der Waals surface area contributed by atoms with Gasteiger partial charge in [0.05, 0.1) is 5.52 Å². The van der Waals surface area contributed by atoms with E-state index in [2.05, 4.69) is 49.2 Å². The third-order valence-electron chi connectivity index (χ3n) is 2.53. The zero-order chi connectivity index (χ0) is 11.1. The number of nitriles is 1. The molecular formula is C12H13N3. The summed E-state index contributed by atoms with van der Waals surface area (Å²) in [5.41, 5.74) is 2.75. The molecule has 0 aliphatic carbocycles. The lowest BCUT2D eigenvalue weighted by Gasteiger charge is -2.18. The zero-order valence-electron chi connectivity index (χ0n) is 9.13. The zero-order valence-corrected chi connectivity index (χ0v) is 9.13. The first kappa shape index (κ1) is 9.72. The quantitative estimate of drug-likeness (QED) is 0.709. The molecule has 1 heterocycles. The first-order chi connectivity index (χ1) is 7.02. The van der Waals surface area contributed by atoms with Crippen molar-refractivity contribution in [3.8, 4) is 6.07 Å². The summed E-state index contributed by atoms with van der Waals surface area (Å²) < 4.78 is 0. The standard InChI is InChI=1S/C12H13N3/c1-12(2,3)8-4-5-9-10(6-8)14-15-11(9)7-13/h4-6H,1-3H3,(H,14,15). The van der Waals surface area contributed by atoms with Gasteiger partial charge in [-0.15, -0.1) is 0 Å². The van der Waals surface area contributed by atoms with E-state index in [1.165, 1.54) is 5.56 Å². The van der Waals surface area contributed by atoms with Crippen molar-refractivity contribution in [2.75, 3.05) is 0 Å². The van der Waals surface area contributed by atoms with Gasteiger partial charge in [-0.3, -0.25) is 5.10 Å². The highest BCUT2D eigenvalue weighted by Gasteiger charge is 2.15. The van der Waals surface area contributed by atoms with Gasteiger partial charge in [-0.05, 0) is 23.1 Å². The van der Waals surface area contributed by atoms with Crippen molar-refractivity contribution in [3.63, 3.8) is 0 Å². The van der Waals surface area contributed by atoms with Gasteiger partial charge in [-0.1, -0.05) is 26.8 Å². The second kappa shape index (κ2) is 3.09. The van der Waals surface area contributed by atoms with E-state index in [0.717, 1.165) is 10.9 Å². The maximum absolute atomic E-state index is 8.82. The summed E-state index contributed by atoms with van der Waals surface area (Å²) in [5.74, 6) is 0. The molecule has 0 bridgehead atoms. The number of hydrogen-bond donors (Lipinski definition) is 1. The molecule has 0 radical (unpaired) electrons. The van der Waals surface area contributed by atoms with Crippen molar-refractivity contribution in [1.82, 2.24) is 10.2 Å². The Morgan fingerprint density at radius 3 is 2.67 bits per heavy atom. The predicted octanol–water partition coefficient (Wildman–Crippen LogP) is 2.73. The van der Waals surface area contributed by atoms with E-state index in [1.807, 2.05) is 6.07 Å². The molecule has 0 saturated heterocycles. The second-order valence-electron chi connectivity index (χ2n) is 4.69. The predicted molar refractivity (Wildman–Crippen MR) is 59.5 cm³/mol. The number of hydrogen-bond acceptors (Lipinski definition) is 2. The normalized spacial score (nSPS) is 11.6. The Kier molecular flexibility index (Phi) is 2.01. The topological polar surface area (TPSA) is 52.5 Å². The molecule has 0 aliphatic heterocycles. The molecule has 1 aromatic carbocycles. The third-order valence-corrected chi connectivity index (χ3v) is 2.53. The molecule has 15 heavy (non-hydrogen) atoms. The minimum absolute atomic E-state index is 0.117. The molecule has 2 aromatic rings. The van der Waals surface area contributed by atoms with Crippen molar-refractivity contribution in [1.29, 1.82) is 5.26 Å². The monoisotopic (exact) mass is 199 g/mol. The van der Waals surface area contributed by atoms with Crippen LogP contribution in [0.25, 0.3) is 10.9 Å². The average Bonchev–Trinajstić information content (AvgIpc) is 2.58. The van der Waals surface area contributed by atoms with E-state index < -0.39 is 0 Å². The Balaban J connectivity index is 2.65. The summed E-state index contributed by atoms with van der Waals surface area (Å²) in [6.07, 6.45) is 0. The summed E-state index contributed by atoms with van der Waals surface area (Å²) in [7, 11) is 0. The molecule has 3 heteroatoms. The highest BCUT2D eigenvalue weighted by atomic mass is 15.1. The molecule has 0 unspecified atom stereocenters. The smallest absolute Gasteiger partial charge is 0.170 e. The van der Waals surface area contributed by atoms with Crippen LogP contribution in [0.3, 0.4) is 0 Å². The second-order valence-corrected chi connectivity index (χ2v) is 4.69. The molecule has 76 valence electrons. The van der Waals surface area contributed by atoms with Crippen LogP contribution in [0.15, 0.2) is 18.2 Å². The lowest BCUT2D eigenvalue weighted by Crippen LogP contribution is -2.10. The molecule has 0 spiro atoms. The van der Waals surface area contributed by atoms with Crippen LogP contribution < -0.4 is 0 Å². The van der Waals surface area contributed by atoms with Crippen LogP contribution in [-0.4, -0.2) is 10.2 Å². The van der Waals surface area contributed by atoms with Gasteiger partial charge in [0.1, 0.15) is 6.07 Å². The summed E-state index contributed by atoms with van der Waals surface area (Å²) in [6.45, 7) is 6.49. The van der Waals surface area contributed by atoms with Crippen molar-refractivity contribution in [2.24, 2.45) is 0 Å². The van der Waals surface area contributed by atoms with E-state index >= 15 is 0 Å². The number of benzene rings is 1. The number of H-pyrrole nitrogens is 1. The molecule has 3 nitrogen and oxygen atoms in total. The highest BCUT2D eigenvalue weighted by Crippen LogP contribution is 2.26. The van der Waals surface area contributed by atoms with Gasteiger partial charge >= 0.3 is 0 Å². The lowest BCUT2D eigenvalue weighted by molar-refractivity contribution is 0.591. The van der Waals surface area contributed by atoms with Gasteiger partial charge in [0.15, 0.2) is 5.69 Å². The SMILES string of the molecule is CC(C)(C)c1ccc2c(C#N)n[nH]c2c1. The molecule has 0 fully saturated rings. The molecule has 2 rings (SSSR count). The van der Waals surface area contributed by atoms with Crippen molar-refractivity contribution < 1.29 is 0 Å². The maximum atomic E-state index is 8.82. The molecule has 1 N–H and O–H groups in total. The lowest BCUT2D eigenvalue weighted by atomic mass is 9.86. The van der Waals surface area contributed by atoms with Gasteiger partial charge < -0.3 is 0 Å². The minimum atomic E-state index is 0.117. The highest BCUT2D eigenvalue weighted by molar-refractivity contribution is 5.84. The Bertz CT molecular complexity index is 538. The van der Waals surface area contributed by atoms with E-state index in [-0.39, 0.29) is 5.41 Å². The number of aromatic amines is 1. The molecular weight excluding hydrogens is 186 g/mol. The van der Waals surface area contributed by atoms with E-state index in [0.29, 0.717) is 5.69 Å². The van der Waals surface area contributed by atoms with Crippen LogP contribution in [-0.2, 0) is 5.41 Å². The number of fused-ring (bicyclic) bond motifs is 1. The number of nitrogens with one attached hydrogen (secondary N) is 1. The molecule has 0 atom stereocenters. The first-order valence-electron chi connectivity index (χ1n) is 4.91. The van der Waals surface area contributed by atoms with E-state index in [4.69, 9.17) is 5.26 Å². The van der Waals surface area contributed by atoms with Crippen LogP contribution in [0.2, 0.25) is 0 Å². The molecule has 0 aliphatic rings. The summed E-state index contributed by atoms with van der Waals surface area (Å²) >= 11 is 0. The Hall–Kier alpha value is -1.82. The van der Waals surface area contributed by atoms with Crippen molar-refractivity contribution in [2.45, 2.75) is 26.2 Å². The maximum Gasteiger partial charge on any atom is 0.170 e. The minimum Gasteiger partial charge on any atom is -0.276 e. The number of nitrogens with zero attached hydrogens (tertiary/aromatic N) is 2. The van der Waals surface area contributed by atoms with Crippen LogP contribution >= 0.6 is 0 Å². The first-order valence-corrected chi connectivity index (χ1v) is 4.91. The van der Waals surface area contributed by atoms with Gasteiger partial charge in [0, 0.05) is 5.39 Å². The van der Waals surface area contributed by atoms with Gasteiger partial charge in [-0.25, -0.2) is 0 Å². The van der Waals surface area contributed by atoms with E-state index in [1.54, 1.807) is 0 Å². The van der Waals surface area contributed by atoms with Gasteiger partial charge in [0.2, 0.25) is 0 Å². The fourth-order valence-electron chi connectivity index (χ4n) is 1.57. The Labute approximate surface area is 88.7 Å². The Morgan fingerprint density at radius 2 is 2.07 bits per heavy atom. The van der Waals surface area contributed by atoms with Crippen molar-refractivity contribution >= 4 is 10.9 Å². The largest absolute Gasteiger partial charge is 0.276 e. The number of rotatable bonds is 0. The van der Waals surface area contributed by atoms with Crippen molar-refractivity contribution in [3.05, 3.63) is 29.5 Å². The van der Waals surface area contributed by atoms with Crippen LogP contribution in [0.5, 0.6) is 0 Å². The van der Waals surface area contributed by atoms with Crippen LogP contribution in [0, 0.1) is 11.3 Å². The van der Waals surface area contributed by atoms with E-state index in [9.17, 15) is 0 Å². The third kappa shape index (κ3) is 1.59.